The van der Waals surface area contributed by atoms with Crippen molar-refractivity contribution in [3.8, 4) is 0 Å². The van der Waals surface area contributed by atoms with Gasteiger partial charge in [-0.15, -0.1) is 23.2 Å². The Morgan fingerprint density at radius 1 is 1.44 bits per heavy atom. The molecule has 0 spiro atoms. The van der Waals surface area contributed by atoms with Crippen molar-refractivity contribution >= 4 is 29.1 Å². The summed E-state index contributed by atoms with van der Waals surface area (Å²) in [5, 5.41) is 10.1. The van der Waals surface area contributed by atoms with E-state index < -0.39 is 5.54 Å². The highest BCUT2D eigenvalue weighted by atomic mass is 35.5. The Balaban J connectivity index is 2.77. The molecule has 1 N–H and O–H groups in total. The maximum Gasteiger partial charge on any atom is 0.253 e. The SMILES string of the molecule is CCC(CCl)(CCl)NC(=O)c1ccnnc1. The molecule has 88 valence electrons. The molecule has 6 heteroatoms. The van der Waals surface area contributed by atoms with Crippen LogP contribution in [0.2, 0.25) is 0 Å². The Morgan fingerprint density at radius 3 is 2.56 bits per heavy atom. The summed E-state index contributed by atoms with van der Waals surface area (Å²) in [4.78, 5) is 11.8. The maximum atomic E-state index is 11.8. The molecule has 0 aliphatic rings. The Kier molecular flexibility index (Phi) is 4.96. The molecular weight excluding hydrogens is 249 g/mol. The predicted molar refractivity (Wildman–Crippen MR) is 64.0 cm³/mol. The van der Waals surface area contributed by atoms with Gasteiger partial charge in [-0.25, -0.2) is 0 Å². The number of alkyl halides is 2. The molecule has 0 saturated heterocycles. The van der Waals surface area contributed by atoms with E-state index in [1.54, 1.807) is 6.07 Å². The number of nitrogens with one attached hydrogen (secondary N) is 1. The molecule has 0 fully saturated rings. The Hall–Kier alpha value is -0.870. The van der Waals surface area contributed by atoms with Gasteiger partial charge in [0, 0.05) is 11.8 Å². The van der Waals surface area contributed by atoms with Crippen molar-refractivity contribution in [2.75, 3.05) is 11.8 Å². The van der Waals surface area contributed by atoms with E-state index in [1.165, 1.54) is 12.4 Å². The van der Waals surface area contributed by atoms with Crippen LogP contribution in [-0.4, -0.2) is 33.4 Å². The van der Waals surface area contributed by atoms with Gasteiger partial charge in [0.1, 0.15) is 0 Å². The molecule has 1 aromatic heterocycles. The quantitative estimate of drug-likeness (QED) is 0.823. The van der Waals surface area contributed by atoms with Gasteiger partial charge in [-0.2, -0.15) is 10.2 Å². The van der Waals surface area contributed by atoms with Crippen molar-refractivity contribution in [3.05, 3.63) is 24.0 Å². The minimum atomic E-state index is -0.566. The fourth-order valence-corrected chi connectivity index (χ4v) is 1.92. The summed E-state index contributed by atoms with van der Waals surface area (Å²) < 4.78 is 0. The normalized spacial score (nSPS) is 11.2. The molecule has 0 bridgehead atoms. The van der Waals surface area contributed by atoms with Crippen molar-refractivity contribution in [1.29, 1.82) is 0 Å². The van der Waals surface area contributed by atoms with Crippen LogP contribution in [0.5, 0.6) is 0 Å². The number of rotatable bonds is 5. The monoisotopic (exact) mass is 261 g/mol. The summed E-state index contributed by atoms with van der Waals surface area (Å²) in [6.45, 7) is 1.93. The second-order valence-electron chi connectivity index (χ2n) is 3.49. The van der Waals surface area contributed by atoms with Gasteiger partial charge in [0.05, 0.1) is 23.5 Å². The van der Waals surface area contributed by atoms with Crippen LogP contribution in [0, 0.1) is 0 Å². The third kappa shape index (κ3) is 3.06. The summed E-state index contributed by atoms with van der Waals surface area (Å²) in [6.07, 6.45) is 3.53. The summed E-state index contributed by atoms with van der Waals surface area (Å²) in [5.74, 6) is 0.312. The lowest BCUT2D eigenvalue weighted by Crippen LogP contribution is -2.51. The van der Waals surface area contributed by atoms with Crippen LogP contribution >= 0.6 is 23.2 Å². The van der Waals surface area contributed by atoms with Crippen molar-refractivity contribution in [2.45, 2.75) is 18.9 Å². The van der Waals surface area contributed by atoms with Crippen LogP contribution in [0.1, 0.15) is 23.7 Å². The molecule has 4 nitrogen and oxygen atoms in total. The first-order chi connectivity index (χ1) is 7.67. The van der Waals surface area contributed by atoms with Crippen molar-refractivity contribution in [1.82, 2.24) is 15.5 Å². The highest BCUT2D eigenvalue weighted by Crippen LogP contribution is 2.15. The first-order valence-electron chi connectivity index (χ1n) is 4.88. The number of carbonyl (C=O) groups is 1. The zero-order chi connectivity index (χ0) is 12.0. The largest absolute Gasteiger partial charge is 0.344 e. The van der Waals surface area contributed by atoms with Gasteiger partial charge in [0.25, 0.3) is 5.91 Å². The minimum absolute atomic E-state index is 0.238. The van der Waals surface area contributed by atoms with E-state index in [1.807, 2.05) is 6.92 Å². The maximum absolute atomic E-state index is 11.8. The Labute approximate surface area is 104 Å². The number of aromatic nitrogens is 2. The third-order valence-electron chi connectivity index (χ3n) is 2.41. The van der Waals surface area contributed by atoms with E-state index in [9.17, 15) is 4.79 Å². The molecule has 1 heterocycles. The topological polar surface area (TPSA) is 54.9 Å². The number of hydrogen-bond donors (Lipinski definition) is 1. The number of amides is 1. The number of halogens is 2. The molecular formula is C10H13Cl2N3O. The van der Waals surface area contributed by atoms with Gasteiger partial charge >= 0.3 is 0 Å². The molecule has 16 heavy (non-hydrogen) atoms. The van der Waals surface area contributed by atoms with Gasteiger partial charge in [-0.3, -0.25) is 4.79 Å². The third-order valence-corrected chi connectivity index (χ3v) is 3.44. The number of nitrogens with zero attached hydrogens (tertiary/aromatic N) is 2. The fourth-order valence-electron chi connectivity index (χ4n) is 1.12. The summed E-state index contributed by atoms with van der Waals surface area (Å²) >= 11 is 11.7. The number of carbonyl (C=O) groups excluding carboxylic acids is 1. The van der Waals surface area contributed by atoms with E-state index in [4.69, 9.17) is 23.2 Å². The average molecular weight is 262 g/mol. The number of hydrogen-bond acceptors (Lipinski definition) is 3. The van der Waals surface area contributed by atoms with Crippen molar-refractivity contribution < 1.29 is 4.79 Å². The second kappa shape index (κ2) is 6.01. The Morgan fingerprint density at radius 2 is 2.12 bits per heavy atom. The molecule has 0 aliphatic carbocycles. The van der Waals surface area contributed by atoms with Crippen molar-refractivity contribution in [2.24, 2.45) is 0 Å². The van der Waals surface area contributed by atoms with Gasteiger partial charge in [0.2, 0.25) is 0 Å². The van der Waals surface area contributed by atoms with Gasteiger partial charge < -0.3 is 5.32 Å². The Bertz CT molecular complexity index is 333. The minimum Gasteiger partial charge on any atom is -0.344 e. The van der Waals surface area contributed by atoms with E-state index >= 15 is 0 Å². The lowest BCUT2D eigenvalue weighted by Gasteiger charge is -2.29. The standard InChI is InChI=1S/C10H13Cl2N3O/c1-2-10(6-11,7-12)15-9(16)8-3-4-13-14-5-8/h3-5H,2,6-7H2,1H3,(H,15,16). The van der Waals surface area contributed by atoms with Crippen LogP contribution in [0.25, 0.3) is 0 Å². The zero-order valence-electron chi connectivity index (χ0n) is 8.91. The first-order valence-corrected chi connectivity index (χ1v) is 5.95. The molecule has 0 saturated carbocycles. The van der Waals surface area contributed by atoms with E-state index in [-0.39, 0.29) is 17.7 Å². The lowest BCUT2D eigenvalue weighted by molar-refractivity contribution is 0.0913. The zero-order valence-corrected chi connectivity index (χ0v) is 10.4. The molecule has 0 aliphatic heterocycles. The average Bonchev–Trinajstić information content (AvgIpc) is 2.37. The van der Waals surface area contributed by atoms with Crippen LogP contribution in [0.4, 0.5) is 0 Å². The highest BCUT2D eigenvalue weighted by molar-refractivity contribution is 6.22. The molecule has 0 aromatic carbocycles. The van der Waals surface area contributed by atoms with E-state index in [0.717, 1.165) is 0 Å². The fraction of sp³-hybridized carbons (Fsp3) is 0.500. The molecule has 0 unspecified atom stereocenters. The smallest absolute Gasteiger partial charge is 0.253 e. The molecule has 1 rings (SSSR count). The summed E-state index contributed by atoms with van der Waals surface area (Å²) in [7, 11) is 0. The van der Waals surface area contributed by atoms with E-state index in [0.29, 0.717) is 12.0 Å². The van der Waals surface area contributed by atoms with Gasteiger partial charge in [-0.1, -0.05) is 6.92 Å². The van der Waals surface area contributed by atoms with Crippen LogP contribution in [0.3, 0.4) is 0 Å². The highest BCUT2D eigenvalue weighted by Gasteiger charge is 2.28. The molecule has 1 amide bonds. The van der Waals surface area contributed by atoms with Gasteiger partial charge in [-0.05, 0) is 12.5 Å². The van der Waals surface area contributed by atoms with Crippen LogP contribution in [0.15, 0.2) is 18.5 Å². The van der Waals surface area contributed by atoms with E-state index in [2.05, 4.69) is 15.5 Å². The van der Waals surface area contributed by atoms with Crippen LogP contribution < -0.4 is 5.32 Å². The summed E-state index contributed by atoms with van der Waals surface area (Å²) in [6, 6.07) is 1.59. The van der Waals surface area contributed by atoms with Crippen molar-refractivity contribution in [3.63, 3.8) is 0 Å². The molecule has 0 atom stereocenters. The molecule has 0 radical (unpaired) electrons. The lowest BCUT2D eigenvalue weighted by atomic mass is 10.0. The van der Waals surface area contributed by atoms with Crippen LogP contribution in [-0.2, 0) is 0 Å². The first kappa shape index (κ1) is 13.2. The van der Waals surface area contributed by atoms with Gasteiger partial charge in [0.15, 0.2) is 0 Å². The molecule has 1 aromatic rings. The predicted octanol–water partition coefficient (Wildman–Crippen LogP) is 1.83. The second-order valence-corrected chi connectivity index (χ2v) is 4.02. The summed E-state index contributed by atoms with van der Waals surface area (Å²) in [5.41, 5.74) is -0.119.